The van der Waals surface area contributed by atoms with Crippen LogP contribution in [0.15, 0.2) is 81.7 Å². The van der Waals surface area contributed by atoms with Crippen molar-refractivity contribution in [3.8, 4) is 11.5 Å². The molecular weight excluding hydrogens is 657 g/mol. The molecule has 0 bridgehead atoms. The van der Waals surface area contributed by atoms with E-state index in [0.29, 0.717) is 48.8 Å². The zero-order valence-corrected chi connectivity index (χ0v) is 29.3. The number of benzene rings is 3. The topological polar surface area (TPSA) is 82.4 Å². The summed E-state index contributed by atoms with van der Waals surface area (Å²) in [5, 5.41) is 0.922. The van der Waals surface area contributed by atoms with Crippen LogP contribution in [0.3, 0.4) is 0 Å². The standard InChI is InChI=1S/C36H37Cl2N3O5S/c1-6-40(7-2)26-14-11-25(30(20-26)46-21-23-10-17-28(37)29(38)18-23)19-31-34(42)41-33(24-12-15-27(16-13-24)44-8-3)32(35(43)45-9-4)22(5)39-36(41)47-31/h10-20,33H,6-9,21H2,1-5H3/b31-19-/t33-/m0/s1. The van der Waals surface area contributed by atoms with E-state index in [0.717, 1.165) is 35.5 Å². The number of esters is 1. The minimum Gasteiger partial charge on any atom is -0.494 e. The Labute approximate surface area is 288 Å². The van der Waals surface area contributed by atoms with Crippen LogP contribution in [0.2, 0.25) is 10.0 Å². The van der Waals surface area contributed by atoms with Crippen molar-refractivity contribution >= 4 is 52.3 Å². The molecule has 1 aliphatic rings. The van der Waals surface area contributed by atoms with Gasteiger partial charge in [0.1, 0.15) is 18.1 Å². The van der Waals surface area contributed by atoms with Gasteiger partial charge in [-0.2, -0.15) is 0 Å². The Morgan fingerprint density at radius 1 is 0.957 bits per heavy atom. The molecule has 47 heavy (non-hydrogen) atoms. The monoisotopic (exact) mass is 693 g/mol. The molecule has 0 N–H and O–H groups in total. The molecule has 0 aliphatic carbocycles. The van der Waals surface area contributed by atoms with Crippen LogP contribution >= 0.6 is 34.5 Å². The second-order valence-electron chi connectivity index (χ2n) is 10.7. The van der Waals surface area contributed by atoms with E-state index >= 15 is 0 Å². The lowest BCUT2D eigenvalue weighted by Crippen LogP contribution is -2.39. The number of hydrogen-bond acceptors (Lipinski definition) is 8. The number of aromatic nitrogens is 1. The first-order valence-electron chi connectivity index (χ1n) is 15.6. The highest BCUT2D eigenvalue weighted by Gasteiger charge is 2.33. The fourth-order valence-corrected chi connectivity index (χ4v) is 6.86. The predicted molar refractivity (Wildman–Crippen MR) is 189 cm³/mol. The second-order valence-corrected chi connectivity index (χ2v) is 12.6. The Balaban J connectivity index is 1.63. The van der Waals surface area contributed by atoms with E-state index in [9.17, 15) is 9.59 Å². The molecule has 0 radical (unpaired) electrons. The summed E-state index contributed by atoms with van der Waals surface area (Å²) < 4.78 is 19.4. The third-order valence-electron chi connectivity index (χ3n) is 7.81. The first-order chi connectivity index (χ1) is 22.7. The maximum Gasteiger partial charge on any atom is 0.338 e. The van der Waals surface area contributed by atoms with Gasteiger partial charge in [-0.25, -0.2) is 9.79 Å². The molecule has 246 valence electrons. The Morgan fingerprint density at radius 2 is 1.70 bits per heavy atom. The molecule has 1 atom stereocenters. The van der Waals surface area contributed by atoms with Gasteiger partial charge in [-0.05, 0) is 88.2 Å². The van der Waals surface area contributed by atoms with E-state index in [1.807, 2.05) is 61.5 Å². The number of thiazole rings is 1. The fourth-order valence-electron chi connectivity index (χ4n) is 5.50. The molecule has 1 aliphatic heterocycles. The highest BCUT2D eigenvalue weighted by atomic mass is 35.5. The molecule has 8 nitrogen and oxygen atoms in total. The molecule has 0 unspecified atom stereocenters. The summed E-state index contributed by atoms with van der Waals surface area (Å²) in [6.07, 6.45) is 1.82. The summed E-state index contributed by atoms with van der Waals surface area (Å²) in [4.78, 5) is 34.9. The van der Waals surface area contributed by atoms with Crippen molar-refractivity contribution in [1.29, 1.82) is 0 Å². The number of ether oxygens (including phenoxy) is 3. The molecule has 0 saturated carbocycles. The summed E-state index contributed by atoms with van der Waals surface area (Å²) in [5.74, 6) is 0.799. The molecule has 0 saturated heterocycles. The maximum absolute atomic E-state index is 14.2. The lowest BCUT2D eigenvalue weighted by molar-refractivity contribution is -0.139. The Bertz CT molecular complexity index is 1980. The van der Waals surface area contributed by atoms with Crippen molar-refractivity contribution in [3.63, 3.8) is 0 Å². The minimum atomic E-state index is -0.724. The largest absolute Gasteiger partial charge is 0.494 e. The number of halogens is 2. The minimum absolute atomic E-state index is 0.199. The lowest BCUT2D eigenvalue weighted by atomic mass is 9.96. The molecule has 0 amide bonds. The molecule has 4 aromatic rings. The van der Waals surface area contributed by atoms with Crippen molar-refractivity contribution in [2.45, 2.75) is 47.3 Å². The van der Waals surface area contributed by atoms with Crippen molar-refractivity contribution in [2.75, 3.05) is 31.2 Å². The smallest absolute Gasteiger partial charge is 0.338 e. The lowest BCUT2D eigenvalue weighted by Gasteiger charge is -2.24. The maximum atomic E-state index is 14.2. The van der Waals surface area contributed by atoms with Crippen LogP contribution in [0.4, 0.5) is 5.69 Å². The number of allylic oxidation sites excluding steroid dienone is 1. The van der Waals surface area contributed by atoms with E-state index in [-0.39, 0.29) is 18.8 Å². The summed E-state index contributed by atoms with van der Waals surface area (Å²) in [6, 6.07) is 18.0. The van der Waals surface area contributed by atoms with Gasteiger partial charge in [-0.1, -0.05) is 52.7 Å². The zero-order chi connectivity index (χ0) is 33.7. The first kappa shape index (κ1) is 34.3. The van der Waals surface area contributed by atoms with E-state index < -0.39 is 12.0 Å². The van der Waals surface area contributed by atoms with Crippen molar-refractivity contribution < 1.29 is 19.0 Å². The van der Waals surface area contributed by atoms with E-state index in [1.54, 1.807) is 30.5 Å². The summed E-state index contributed by atoms with van der Waals surface area (Å²) >= 11 is 13.6. The van der Waals surface area contributed by atoms with Crippen LogP contribution in [-0.4, -0.2) is 36.8 Å². The van der Waals surface area contributed by atoms with Crippen molar-refractivity contribution in [3.05, 3.63) is 118 Å². The quantitative estimate of drug-likeness (QED) is 0.150. The summed E-state index contributed by atoms with van der Waals surface area (Å²) in [7, 11) is 0. The third-order valence-corrected chi connectivity index (χ3v) is 9.54. The molecular formula is C36H37Cl2N3O5S. The van der Waals surface area contributed by atoms with Crippen LogP contribution in [0, 0.1) is 0 Å². The predicted octanol–water partition coefficient (Wildman–Crippen LogP) is 6.93. The Morgan fingerprint density at radius 3 is 2.36 bits per heavy atom. The van der Waals surface area contributed by atoms with Gasteiger partial charge >= 0.3 is 5.97 Å². The SMILES string of the molecule is CCOC(=O)C1=C(C)N=c2s/c(=C\c3ccc(N(CC)CC)cc3OCc3ccc(Cl)c(Cl)c3)c(=O)n2[C@H]1c1ccc(OCC)cc1. The van der Waals surface area contributed by atoms with Gasteiger partial charge in [0.05, 0.1) is 45.1 Å². The number of carbonyl (C=O) groups excluding carboxylic acids is 1. The van der Waals surface area contributed by atoms with E-state index in [1.165, 1.54) is 11.3 Å². The molecule has 1 aromatic heterocycles. The highest BCUT2D eigenvalue weighted by Crippen LogP contribution is 2.32. The number of nitrogens with zero attached hydrogens (tertiary/aromatic N) is 3. The highest BCUT2D eigenvalue weighted by molar-refractivity contribution is 7.07. The van der Waals surface area contributed by atoms with Gasteiger partial charge in [-0.15, -0.1) is 0 Å². The van der Waals surface area contributed by atoms with Crippen molar-refractivity contribution in [1.82, 2.24) is 4.57 Å². The fraction of sp³-hybridized carbons (Fsp3) is 0.306. The number of hydrogen-bond donors (Lipinski definition) is 0. The first-order valence-corrected chi connectivity index (χ1v) is 17.1. The number of anilines is 1. The molecule has 3 aromatic carbocycles. The molecule has 0 spiro atoms. The molecule has 2 heterocycles. The van der Waals surface area contributed by atoms with Crippen LogP contribution in [-0.2, 0) is 16.1 Å². The van der Waals surface area contributed by atoms with Gasteiger partial charge in [0.15, 0.2) is 4.80 Å². The Kier molecular flexibility index (Phi) is 11.1. The van der Waals surface area contributed by atoms with Gasteiger partial charge in [0.25, 0.3) is 5.56 Å². The van der Waals surface area contributed by atoms with Crippen LogP contribution < -0.4 is 29.3 Å². The van der Waals surface area contributed by atoms with Gasteiger partial charge < -0.3 is 19.1 Å². The molecule has 0 fully saturated rings. The summed E-state index contributed by atoms with van der Waals surface area (Å²) in [5.41, 5.74) is 3.88. The average molecular weight is 695 g/mol. The van der Waals surface area contributed by atoms with E-state index in [4.69, 9.17) is 42.4 Å². The molecule has 11 heteroatoms. The number of rotatable bonds is 12. The second kappa shape index (κ2) is 15.2. The van der Waals surface area contributed by atoms with E-state index in [2.05, 4.69) is 18.7 Å². The average Bonchev–Trinajstić information content (AvgIpc) is 3.36. The zero-order valence-electron chi connectivity index (χ0n) is 27.0. The van der Waals surface area contributed by atoms with Crippen molar-refractivity contribution in [2.24, 2.45) is 4.99 Å². The van der Waals surface area contributed by atoms with Crippen LogP contribution in [0.5, 0.6) is 11.5 Å². The van der Waals surface area contributed by atoms with Gasteiger partial charge in [0.2, 0.25) is 0 Å². The van der Waals surface area contributed by atoms with Crippen LogP contribution in [0.1, 0.15) is 57.4 Å². The number of fused-ring (bicyclic) bond motifs is 1. The van der Waals surface area contributed by atoms with Gasteiger partial charge in [0, 0.05) is 30.4 Å². The van der Waals surface area contributed by atoms with Crippen LogP contribution in [0.25, 0.3) is 6.08 Å². The summed E-state index contributed by atoms with van der Waals surface area (Å²) in [6.45, 7) is 12.3. The molecule has 5 rings (SSSR count). The normalized spacial score (nSPS) is 14.4. The van der Waals surface area contributed by atoms with Gasteiger partial charge in [-0.3, -0.25) is 9.36 Å². The Hall–Kier alpha value is -4.05. The number of carbonyl (C=O) groups is 1. The third kappa shape index (κ3) is 7.43.